The molecule has 7 nitrogen and oxygen atoms in total. The number of benzene rings is 1. The van der Waals surface area contributed by atoms with Gasteiger partial charge < -0.3 is 14.5 Å². The molecule has 1 aromatic carbocycles. The van der Waals surface area contributed by atoms with Gasteiger partial charge in [-0.05, 0) is 32.9 Å². The molecule has 0 saturated heterocycles. The van der Waals surface area contributed by atoms with Gasteiger partial charge in [-0.2, -0.15) is 17.7 Å². The highest BCUT2D eigenvalue weighted by molar-refractivity contribution is 6.04. The van der Waals surface area contributed by atoms with Crippen LogP contribution >= 0.6 is 0 Å². The maximum Gasteiger partial charge on any atom is 0.423 e. The van der Waals surface area contributed by atoms with Crippen LogP contribution in [0.1, 0.15) is 36.7 Å². The summed E-state index contributed by atoms with van der Waals surface area (Å²) in [5.74, 6) is -0.962. The predicted octanol–water partition coefficient (Wildman–Crippen LogP) is 2.92. The molecule has 0 unspecified atom stereocenters. The van der Waals surface area contributed by atoms with Crippen LogP contribution in [0.2, 0.25) is 0 Å². The van der Waals surface area contributed by atoms with Gasteiger partial charge in [0.05, 0.1) is 29.3 Å². The number of fused-ring (bicyclic) bond motifs is 1. The van der Waals surface area contributed by atoms with Gasteiger partial charge in [-0.1, -0.05) is 0 Å². The van der Waals surface area contributed by atoms with E-state index in [4.69, 9.17) is 4.74 Å². The minimum Gasteiger partial charge on any atom is -0.465 e. The van der Waals surface area contributed by atoms with Crippen molar-refractivity contribution in [3.05, 3.63) is 33.7 Å². The summed E-state index contributed by atoms with van der Waals surface area (Å²) in [6, 6.07) is 1.47. The first-order valence-corrected chi connectivity index (χ1v) is 7.03. The molecule has 1 N–H and O–H groups in total. The summed E-state index contributed by atoms with van der Waals surface area (Å²) in [5.41, 5.74) is -5.04. The first-order valence-electron chi connectivity index (χ1n) is 7.03. The molecular weight excluding hydrogens is 345 g/mol. The van der Waals surface area contributed by atoms with E-state index in [2.05, 4.69) is 9.72 Å². The van der Waals surface area contributed by atoms with Crippen LogP contribution in [-0.4, -0.2) is 34.3 Å². The van der Waals surface area contributed by atoms with Gasteiger partial charge in [-0.3, -0.25) is 0 Å². The first kappa shape index (κ1) is 18.6. The lowest BCUT2D eigenvalue weighted by Gasteiger charge is -2.20. The molecule has 0 saturated carbocycles. The number of carbonyl (C=O) groups excluding carboxylic acids is 2. The fraction of sp³-hybridized carbons (Fsp3) is 0.400. The highest BCUT2D eigenvalue weighted by Crippen LogP contribution is 2.35. The molecule has 2 aromatic rings. The van der Waals surface area contributed by atoms with Gasteiger partial charge in [0.25, 0.3) is 0 Å². The zero-order chi connectivity index (χ0) is 19.2. The summed E-state index contributed by atoms with van der Waals surface area (Å²) >= 11 is 0. The minimum absolute atomic E-state index is 0.218. The SMILES string of the molecule is COC(=O)c1ccc(C(F)(F)F)c2c1[nH]c(=O)n2C(=O)OC(C)(C)C. The first-order chi connectivity index (χ1) is 11.4. The number of alkyl halides is 3. The number of esters is 1. The van der Waals surface area contributed by atoms with E-state index in [1.807, 2.05) is 0 Å². The van der Waals surface area contributed by atoms with Gasteiger partial charge in [0, 0.05) is 0 Å². The number of hydrogen-bond acceptors (Lipinski definition) is 5. The van der Waals surface area contributed by atoms with Crippen molar-refractivity contribution in [1.82, 2.24) is 9.55 Å². The van der Waals surface area contributed by atoms with Crippen LogP contribution in [0, 0.1) is 0 Å². The highest BCUT2D eigenvalue weighted by Gasteiger charge is 2.37. The smallest absolute Gasteiger partial charge is 0.423 e. The van der Waals surface area contributed by atoms with Crippen LogP contribution in [0.5, 0.6) is 0 Å². The minimum atomic E-state index is -4.87. The summed E-state index contributed by atoms with van der Waals surface area (Å²) in [6.45, 7) is 4.49. The molecule has 25 heavy (non-hydrogen) atoms. The quantitative estimate of drug-likeness (QED) is 0.790. The Morgan fingerprint density at radius 3 is 2.24 bits per heavy atom. The number of imidazole rings is 1. The third-order valence-electron chi connectivity index (χ3n) is 3.12. The van der Waals surface area contributed by atoms with Crippen LogP contribution in [0.25, 0.3) is 11.0 Å². The third-order valence-corrected chi connectivity index (χ3v) is 3.12. The summed E-state index contributed by atoms with van der Waals surface area (Å²) < 4.78 is 49.7. The number of carbonyl (C=O) groups is 2. The number of aromatic nitrogens is 2. The number of H-pyrrole nitrogens is 1. The third kappa shape index (κ3) is 3.52. The molecule has 0 atom stereocenters. The van der Waals surface area contributed by atoms with Gasteiger partial charge in [-0.15, -0.1) is 0 Å². The lowest BCUT2D eigenvalue weighted by molar-refractivity contribution is -0.136. The second-order valence-electron chi connectivity index (χ2n) is 6.12. The number of halogens is 3. The normalized spacial score (nSPS) is 12.3. The maximum absolute atomic E-state index is 13.3. The number of nitrogens with zero attached hydrogens (tertiary/aromatic N) is 1. The van der Waals surface area contributed by atoms with Gasteiger partial charge in [-0.25, -0.2) is 14.4 Å². The molecule has 0 fully saturated rings. The van der Waals surface area contributed by atoms with E-state index in [0.717, 1.165) is 13.2 Å². The van der Waals surface area contributed by atoms with Crippen LogP contribution in [0.3, 0.4) is 0 Å². The Bertz CT molecular complexity index is 903. The molecular formula is C15H15F3N2O5. The molecule has 10 heteroatoms. The zero-order valence-electron chi connectivity index (χ0n) is 13.8. The molecule has 0 bridgehead atoms. The second kappa shape index (κ2) is 5.94. The van der Waals surface area contributed by atoms with Crippen molar-refractivity contribution in [3.63, 3.8) is 0 Å². The van der Waals surface area contributed by atoms with Crippen molar-refractivity contribution in [2.45, 2.75) is 32.5 Å². The molecule has 0 amide bonds. The number of hydrogen-bond donors (Lipinski definition) is 1. The van der Waals surface area contributed by atoms with Crippen molar-refractivity contribution >= 4 is 23.1 Å². The van der Waals surface area contributed by atoms with Crippen LogP contribution in [0.4, 0.5) is 18.0 Å². The molecule has 136 valence electrons. The summed E-state index contributed by atoms with van der Waals surface area (Å²) in [7, 11) is 1.04. The Hall–Kier alpha value is -2.78. The summed E-state index contributed by atoms with van der Waals surface area (Å²) in [4.78, 5) is 38.2. The number of rotatable bonds is 1. The van der Waals surface area contributed by atoms with Gasteiger partial charge in [0.15, 0.2) is 0 Å². The molecule has 1 aromatic heterocycles. The molecule has 0 spiro atoms. The Labute approximate surface area is 139 Å². The van der Waals surface area contributed by atoms with Crippen LogP contribution in [-0.2, 0) is 15.7 Å². The topological polar surface area (TPSA) is 90.4 Å². The van der Waals surface area contributed by atoms with Crippen molar-refractivity contribution in [3.8, 4) is 0 Å². The Morgan fingerprint density at radius 1 is 1.16 bits per heavy atom. The van der Waals surface area contributed by atoms with Crippen LogP contribution in [0.15, 0.2) is 16.9 Å². The van der Waals surface area contributed by atoms with E-state index in [9.17, 15) is 27.6 Å². The fourth-order valence-corrected chi connectivity index (χ4v) is 2.20. The monoisotopic (exact) mass is 360 g/mol. The second-order valence-corrected chi connectivity index (χ2v) is 6.12. The number of nitrogens with one attached hydrogen (secondary N) is 1. The Kier molecular flexibility index (Phi) is 4.41. The Morgan fingerprint density at radius 2 is 1.76 bits per heavy atom. The highest BCUT2D eigenvalue weighted by atomic mass is 19.4. The molecule has 1 heterocycles. The van der Waals surface area contributed by atoms with Gasteiger partial charge in [0.1, 0.15) is 5.60 Å². The predicted molar refractivity (Wildman–Crippen MR) is 80.5 cm³/mol. The van der Waals surface area contributed by atoms with E-state index in [0.29, 0.717) is 6.07 Å². The van der Waals surface area contributed by atoms with E-state index in [1.165, 1.54) is 20.8 Å². The number of ether oxygens (including phenoxy) is 2. The van der Waals surface area contributed by atoms with Crippen molar-refractivity contribution < 1.29 is 32.2 Å². The Balaban J connectivity index is 2.87. The molecule has 0 aliphatic carbocycles. The standard InChI is InChI=1S/C15H15F3N2O5/c1-14(2,3)25-13(23)20-10-8(15(16,17)18)6-5-7(11(21)24-4)9(10)19-12(20)22/h5-6H,1-4H3,(H,19,22). The average molecular weight is 360 g/mol. The largest absolute Gasteiger partial charge is 0.465 e. The summed E-state index contributed by atoms with van der Waals surface area (Å²) in [6.07, 6.45) is -6.16. The average Bonchev–Trinajstić information content (AvgIpc) is 2.79. The van der Waals surface area contributed by atoms with Crippen molar-refractivity contribution in [1.29, 1.82) is 0 Å². The van der Waals surface area contributed by atoms with E-state index in [-0.39, 0.29) is 10.1 Å². The lowest BCUT2D eigenvalue weighted by Crippen LogP contribution is -2.32. The van der Waals surface area contributed by atoms with Gasteiger partial charge >= 0.3 is 23.9 Å². The van der Waals surface area contributed by atoms with E-state index < -0.39 is 46.1 Å². The van der Waals surface area contributed by atoms with Crippen molar-refractivity contribution in [2.24, 2.45) is 0 Å². The fourth-order valence-electron chi connectivity index (χ4n) is 2.20. The summed E-state index contributed by atoms with van der Waals surface area (Å²) in [5, 5.41) is 0. The molecule has 0 aliphatic heterocycles. The lowest BCUT2D eigenvalue weighted by atomic mass is 10.1. The number of aromatic amines is 1. The molecule has 2 rings (SSSR count). The van der Waals surface area contributed by atoms with Crippen molar-refractivity contribution in [2.75, 3.05) is 7.11 Å². The number of methoxy groups -OCH3 is 1. The molecule has 0 aliphatic rings. The van der Waals surface area contributed by atoms with Gasteiger partial charge in [0.2, 0.25) is 0 Å². The molecule has 0 radical (unpaired) electrons. The maximum atomic E-state index is 13.3. The zero-order valence-corrected chi connectivity index (χ0v) is 13.8. The van der Waals surface area contributed by atoms with E-state index >= 15 is 0 Å². The van der Waals surface area contributed by atoms with Crippen LogP contribution < -0.4 is 5.69 Å². The van der Waals surface area contributed by atoms with E-state index in [1.54, 1.807) is 0 Å².